The summed E-state index contributed by atoms with van der Waals surface area (Å²) in [7, 11) is 0. The number of aliphatic hydroxyl groups is 1. The Hall–Kier alpha value is -2.81. The summed E-state index contributed by atoms with van der Waals surface area (Å²) < 4.78 is 6.89. The van der Waals surface area contributed by atoms with Crippen molar-refractivity contribution in [3.8, 4) is 11.5 Å². The lowest BCUT2D eigenvalue weighted by atomic mass is 10.1. The molecule has 0 aliphatic carbocycles. The van der Waals surface area contributed by atoms with E-state index in [1.165, 1.54) is 6.26 Å². The average Bonchev–Trinajstić information content (AvgIpc) is 3.13. The summed E-state index contributed by atoms with van der Waals surface area (Å²) in [4.78, 5) is 22.8. The Balaban J connectivity index is 2.11. The van der Waals surface area contributed by atoms with Crippen molar-refractivity contribution in [3.05, 3.63) is 24.5 Å². The zero-order valence-corrected chi connectivity index (χ0v) is 13.6. The summed E-state index contributed by atoms with van der Waals surface area (Å²) in [5, 5.41) is 27.7. The molecule has 0 saturated carbocycles. The smallest absolute Gasteiger partial charge is 0.337 e. The van der Waals surface area contributed by atoms with Crippen LogP contribution in [0, 0.1) is 0 Å². The predicted molar refractivity (Wildman–Crippen MR) is 85.6 cm³/mol. The van der Waals surface area contributed by atoms with Crippen molar-refractivity contribution >= 4 is 17.8 Å². The maximum atomic E-state index is 12.0. The number of urea groups is 1. The van der Waals surface area contributed by atoms with Crippen LogP contribution in [0.1, 0.15) is 26.8 Å². The fourth-order valence-corrected chi connectivity index (χ4v) is 1.91. The molecule has 2 amide bonds. The van der Waals surface area contributed by atoms with E-state index in [0.29, 0.717) is 17.3 Å². The standard InChI is InChI=1S/C15H20N4O5/c1-9(2)19-12(7-10(18-19)11-5-4-6-24-11)17-14(22)16-8-15(3,23)13(20)21/h4-7,9,23H,8H2,1-3H3,(H,20,21)(H2,16,17,22). The summed E-state index contributed by atoms with van der Waals surface area (Å²) in [6, 6.07) is 4.46. The van der Waals surface area contributed by atoms with Gasteiger partial charge in [-0.05, 0) is 32.9 Å². The molecule has 2 rings (SSSR count). The number of rotatable bonds is 6. The number of carbonyl (C=O) groups excluding carboxylic acids is 1. The van der Waals surface area contributed by atoms with Crippen LogP contribution in [-0.2, 0) is 4.79 Å². The van der Waals surface area contributed by atoms with Crippen LogP contribution in [0.3, 0.4) is 0 Å². The Bertz CT molecular complexity index is 718. The Morgan fingerprint density at radius 2 is 2.17 bits per heavy atom. The van der Waals surface area contributed by atoms with Gasteiger partial charge < -0.3 is 19.9 Å². The monoisotopic (exact) mass is 336 g/mol. The van der Waals surface area contributed by atoms with E-state index in [0.717, 1.165) is 6.92 Å². The van der Waals surface area contributed by atoms with Crippen molar-refractivity contribution in [1.82, 2.24) is 15.1 Å². The molecular formula is C15H20N4O5. The molecule has 0 aliphatic rings. The minimum absolute atomic E-state index is 0.0221. The van der Waals surface area contributed by atoms with Crippen molar-refractivity contribution in [2.75, 3.05) is 11.9 Å². The van der Waals surface area contributed by atoms with Crippen molar-refractivity contribution in [2.45, 2.75) is 32.4 Å². The van der Waals surface area contributed by atoms with Crippen LogP contribution in [0.25, 0.3) is 11.5 Å². The van der Waals surface area contributed by atoms with Gasteiger partial charge in [0.25, 0.3) is 0 Å². The van der Waals surface area contributed by atoms with Gasteiger partial charge in [0, 0.05) is 12.1 Å². The van der Waals surface area contributed by atoms with E-state index >= 15 is 0 Å². The molecule has 9 nitrogen and oxygen atoms in total. The summed E-state index contributed by atoms with van der Waals surface area (Å²) in [5.41, 5.74) is -1.49. The predicted octanol–water partition coefficient (Wildman–Crippen LogP) is 1.68. The highest BCUT2D eigenvalue weighted by Gasteiger charge is 2.30. The summed E-state index contributed by atoms with van der Waals surface area (Å²) in [6.07, 6.45) is 1.53. The number of nitrogens with zero attached hydrogens (tertiary/aromatic N) is 2. The number of carbonyl (C=O) groups is 2. The molecule has 0 radical (unpaired) electrons. The van der Waals surface area contributed by atoms with E-state index in [1.54, 1.807) is 22.9 Å². The van der Waals surface area contributed by atoms with E-state index in [-0.39, 0.29) is 6.04 Å². The van der Waals surface area contributed by atoms with Crippen molar-refractivity contribution in [1.29, 1.82) is 0 Å². The molecule has 130 valence electrons. The van der Waals surface area contributed by atoms with Crippen molar-refractivity contribution < 1.29 is 24.2 Å². The molecule has 1 atom stereocenters. The third-order valence-electron chi connectivity index (χ3n) is 3.29. The van der Waals surface area contributed by atoms with Gasteiger partial charge in [0.05, 0.1) is 12.8 Å². The van der Waals surface area contributed by atoms with Crippen LogP contribution in [0.4, 0.5) is 10.6 Å². The zero-order chi connectivity index (χ0) is 17.9. The largest absolute Gasteiger partial charge is 0.479 e. The highest BCUT2D eigenvalue weighted by Crippen LogP contribution is 2.24. The first-order chi connectivity index (χ1) is 11.2. The summed E-state index contributed by atoms with van der Waals surface area (Å²) in [6.45, 7) is 4.46. The molecule has 4 N–H and O–H groups in total. The number of aromatic nitrogens is 2. The second-order valence-electron chi connectivity index (χ2n) is 5.82. The summed E-state index contributed by atoms with van der Waals surface area (Å²) in [5.74, 6) is -0.439. The van der Waals surface area contributed by atoms with Crippen LogP contribution in [0.2, 0.25) is 0 Å². The lowest BCUT2D eigenvalue weighted by Crippen LogP contribution is -2.47. The first-order valence-electron chi connectivity index (χ1n) is 7.35. The average molecular weight is 336 g/mol. The van der Waals surface area contributed by atoms with E-state index in [4.69, 9.17) is 9.52 Å². The molecule has 1 unspecified atom stereocenters. The Labute approximate surface area is 138 Å². The molecule has 2 aromatic rings. The van der Waals surface area contributed by atoms with Crippen LogP contribution in [0.15, 0.2) is 28.9 Å². The van der Waals surface area contributed by atoms with E-state index in [2.05, 4.69) is 15.7 Å². The molecule has 2 heterocycles. The third-order valence-corrected chi connectivity index (χ3v) is 3.29. The van der Waals surface area contributed by atoms with E-state index in [9.17, 15) is 14.7 Å². The molecule has 0 aromatic carbocycles. The number of carboxylic acid groups (broad SMARTS) is 1. The molecule has 0 aliphatic heterocycles. The fourth-order valence-electron chi connectivity index (χ4n) is 1.91. The highest BCUT2D eigenvalue weighted by atomic mass is 16.4. The van der Waals surface area contributed by atoms with Gasteiger partial charge >= 0.3 is 12.0 Å². The van der Waals surface area contributed by atoms with Crippen LogP contribution in [0.5, 0.6) is 0 Å². The maximum Gasteiger partial charge on any atom is 0.337 e. The number of hydrogen-bond acceptors (Lipinski definition) is 5. The normalized spacial score (nSPS) is 13.5. The second-order valence-corrected chi connectivity index (χ2v) is 5.82. The van der Waals surface area contributed by atoms with E-state index in [1.807, 2.05) is 13.8 Å². The minimum atomic E-state index is -2.05. The van der Waals surface area contributed by atoms with Crippen molar-refractivity contribution in [2.24, 2.45) is 0 Å². The topological polar surface area (TPSA) is 130 Å². The first-order valence-corrected chi connectivity index (χ1v) is 7.35. The van der Waals surface area contributed by atoms with Crippen molar-refractivity contribution in [3.63, 3.8) is 0 Å². The minimum Gasteiger partial charge on any atom is -0.479 e. The van der Waals surface area contributed by atoms with Crippen LogP contribution < -0.4 is 10.6 Å². The van der Waals surface area contributed by atoms with Gasteiger partial charge in [0.1, 0.15) is 11.5 Å². The fraction of sp³-hybridized carbons (Fsp3) is 0.400. The van der Waals surface area contributed by atoms with Gasteiger partial charge in [-0.25, -0.2) is 14.3 Å². The van der Waals surface area contributed by atoms with Gasteiger partial charge in [0.2, 0.25) is 0 Å². The number of carboxylic acids is 1. The van der Waals surface area contributed by atoms with Crippen LogP contribution in [-0.4, -0.2) is 44.1 Å². The van der Waals surface area contributed by atoms with Gasteiger partial charge in [-0.2, -0.15) is 5.10 Å². The molecular weight excluding hydrogens is 316 g/mol. The number of anilines is 1. The van der Waals surface area contributed by atoms with Gasteiger partial charge in [-0.3, -0.25) is 5.32 Å². The first kappa shape index (κ1) is 17.5. The quantitative estimate of drug-likeness (QED) is 0.635. The van der Waals surface area contributed by atoms with E-state index < -0.39 is 24.1 Å². The molecule has 0 bridgehead atoms. The number of amides is 2. The zero-order valence-electron chi connectivity index (χ0n) is 13.6. The number of furan rings is 1. The third kappa shape index (κ3) is 3.93. The SMILES string of the molecule is CC(C)n1nc(-c2ccco2)cc1NC(=O)NCC(C)(O)C(=O)O. The number of aliphatic carboxylic acids is 1. The van der Waals surface area contributed by atoms with Crippen LogP contribution >= 0.6 is 0 Å². The molecule has 24 heavy (non-hydrogen) atoms. The van der Waals surface area contributed by atoms with Gasteiger partial charge in [0.15, 0.2) is 11.4 Å². The molecule has 9 heteroatoms. The number of hydrogen-bond donors (Lipinski definition) is 4. The molecule has 0 fully saturated rings. The summed E-state index contributed by atoms with van der Waals surface area (Å²) >= 11 is 0. The molecule has 0 spiro atoms. The Morgan fingerprint density at radius 1 is 1.46 bits per heavy atom. The molecule has 2 aromatic heterocycles. The lowest BCUT2D eigenvalue weighted by molar-refractivity contribution is -0.155. The lowest BCUT2D eigenvalue weighted by Gasteiger charge is -2.18. The number of nitrogens with one attached hydrogen (secondary N) is 2. The Morgan fingerprint density at radius 3 is 2.71 bits per heavy atom. The highest BCUT2D eigenvalue weighted by molar-refractivity contribution is 5.89. The van der Waals surface area contributed by atoms with Gasteiger partial charge in [-0.1, -0.05) is 0 Å². The maximum absolute atomic E-state index is 12.0. The Kier molecular flexibility index (Phi) is 4.93. The second kappa shape index (κ2) is 6.75. The van der Waals surface area contributed by atoms with Gasteiger partial charge in [-0.15, -0.1) is 0 Å². The molecule has 0 saturated heterocycles.